The second-order valence-electron chi connectivity index (χ2n) is 7.75. The average Bonchev–Trinajstić information content (AvgIpc) is 3.46. The van der Waals surface area contributed by atoms with Gasteiger partial charge in [0.1, 0.15) is 18.5 Å². The Morgan fingerprint density at radius 2 is 1.77 bits per heavy atom. The largest absolute Gasteiger partial charge is 0.474 e. The Kier molecular flexibility index (Phi) is 5.67. The average molecular weight is 435 g/mol. The molecule has 1 aliphatic carbocycles. The minimum atomic E-state index is 0.182. The van der Waals surface area contributed by atoms with Crippen LogP contribution in [-0.4, -0.2) is 35.6 Å². The van der Waals surface area contributed by atoms with Crippen LogP contribution in [0.5, 0.6) is 5.88 Å². The molecule has 1 aromatic carbocycles. The highest BCUT2D eigenvalue weighted by Crippen LogP contribution is 2.35. The number of ether oxygens (including phenoxy) is 1. The topological polar surface area (TPSA) is 70.7 Å². The van der Waals surface area contributed by atoms with Crippen LogP contribution >= 0.6 is 11.6 Å². The summed E-state index contributed by atoms with van der Waals surface area (Å²) in [6.45, 7) is 0.556. The van der Waals surface area contributed by atoms with Crippen molar-refractivity contribution in [2.45, 2.75) is 44.2 Å². The lowest BCUT2D eigenvalue weighted by molar-refractivity contribution is 0.139. The van der Waals surface area contributed by atoms with E-state index in [0.717, 1.165) is 43.0 Å². The zero-order valence-corrected chi connectivity index (χ0v) is 17.8. The van der Waals surface area contributed by atoms with E-state index in [0.29, 0.717) is 23.4 Å². The van der Waals surface area contributed by atoms with Crippen molar-refractivity contribution in [1.82, 2.24) is 29.5 Å². The van der Waals surface area contributed by atoms with E-state index in [1.54, 1.807) is 12.4 Å². The number of benzene rings is 1. The van der Waals surface area contributed by atoms with Crippen LogP contribution in [0.15, 0.2) is 67.1 Å². The molecular weight excluding hydrogens is 412 g/mol. The van der Waals surface area contributed by atoms with Crippen molar-refractivity contribution in [1.29, 1.82) is 0 Å². The Balaban J connectivity index is 1.37. The van der Waals surface area contributed by atoms with E-state index in [1.165, 1.54) is 0 Å². The lowest BCUT2D eigenvalue weighted by Gasteiger charge is -2.28. The molecular formula is C23H23ClN6O. The zero-order valence-electron chi connectivity index (χ0n) is 17.0. The number of nitrogens with zero attached hydrogens (tertiary/aromatic N) is 6. The van der Waals surface area contributed by atoms with Gasteiger partial charge in [0, 0.05) is 41.3 Å². The summed E-state index contributed by atoms with van der Waals surface area (Å²) in [5, 5.41) is 14.2. The highest BCUT2D eigenvalue weighted by Gasteiger charge is 2.29. The van der Waals surface area contributed by atoms with E-state index in [2.05, 4.69) is 24.8 Å². The molecule has 3 aromatic heterocycles. The molecule has 8 heteroatoms. The Labute approximate surface area is 185 Å². The van der Waals surface area contributed by atoms with Crippen LogP contribution < -0.4 is 4.74 Å². The van der Waals surface area contributed by atoms with Crippen LogP contribution in [0.1, 0.15) is 43.3 Å². The number of rotatable bonds is 6. The first-order valence-corrected chi connectivity index (χ1v) is 10.9. The van der Waals surface area contributed by atoms with Crippen molar-refractivity contribution in [2.75, 3.05) is 0 Å². The minimum absolute atomic E-state index is 0.182. The lowest BCUT2D eigenvalue weighted by Crippen LogP contribution is -2.25. The lowest BCUT2D eigenvalue weighted by atomic mass is 9.86. The van der Waals surface area contributed by atoms with Crippen LogP contribution in [0, 0.1) is 0 Å². The van der Waals surface area contributed by atoms with Crippen LogP contribution in [0.2, 0.25) is 5.02 Å². The fourth-order valence-corrected chi connectivity index (χ4v) is 4.26. The first-order valence-electron chi connectivity index (χ1n) is 10.5. The number of hydrogen-bond acceptors (Lipinski definition) is 5. The summed E-state index contributed by atoms with van der Waals surface area (Å²) in [5.74, 6) is 2.85. The molecule has 0 radical (unpaired) electrons. The molecule has 4 aromatic rings. The molecule has 7 nitrogen and oxygen atoms in total. The molecule has 0 atom stereocenters. The Bertz CT molecular complexity index is 1100. The van der Waals surface area contributed by atoms with E-state index < -0.39 is 0 Å². The predicted octanol–water partition coefficient (Wildman–Crippen LogP) is 4.67. The molecule has 0 spiro atoms. The van der Waals surface area contributed by atoms with Gasteiger partial charge in [0.2, 0.25) is 5.88 Å². The van der Waals surface area contributed by atoms with Crippen LogP contribution in [0.4, 0.5) is 0 Å². The van der Waals surface area contributed by atoms with Gasteiger partial charge in [-0.2, -0.15) is 5.10 Å². The molecule has 1 aliphatic rings. The molecule has 0 aliphatic heterocycles. The van der Waals surface area contributed by atoms with Crippen molar-refractivity contribution >= 4 is 11.6 Å². The highest BCUT2D eigenvalue weighted by atomic mass is 35.5. The van der Waals surface area contributed by atoms with Gasteiger partial charge in [0.05, 0.1) is 0 Å². The number of pyridine rings is 1. The second kappa shape index (κ2) is 8.89. The quantitative estimate of drug-likeness (QED) is 0.441. The van der Waals surface area contributed by atoms with Gasteiger partial charge >= 0.3 is 0 Å². The number of halogens is 1. The molecule has 1 saturated carbocycles. The molecule has 1 fully saturated rings. The van der Waals surface area contributed by atoms with E-state index >= 15 is 0 Å². The summed E-state index contributed by atoms with van der Waals surface area (Å²) in [6.07, 6.45) is 9.55. The van der Waals surface area contributed by atoms with Crippen LogP contribution in [0.25, 0.3) is 5.69 Å². The zero-order chi connectivity index (χ0) is 21.0. The Morgan fingerprint density at radius 3 is 2.48 bits per heavy atom. The summed E-state index contributed by atoms with van der Waals surface area (Å²) in [4.78, 5) is 4.28. The summed E-state index contributed by atoms with van der Waals surface area (Å²) in [7, 11) is 0. The van der Waals surface area contributed by atoms with Crippen LogP contribution in [-0.2, 0) is 6.54 Å². The Hall–Kier alpha value is -3.19. The molecule has 5 rings (SSSR count). The minimum Gasteiger partial charge on any atom is -0.474 e. The molecule has 31 heavy (non-hydrogen) atoms. The third-order valence-electron chi connectivity index (χ3n) is 5.67. The summed E-state index contributed by atoms with van der Waals surface area (Å²) >= 11 is 6.13. The highest BCUT2D eigenvalue weighted by molar-refractivity contribution is 6.30. The molecule has 158 valence electrons. The molecule has 3 heterocycles. The van der Waals surface area contributed by atoms with E-state index in [-0.39, 0.29) is 6.10 Å². The van der Waals surface area contributed by atoms with Crippen molar-refractivity contribution in [3.63, 3.8) is 0 Å². The van der Waals surface area contributed by atoms with Gasteiger partial charge in [-0.3, -0.25) is 9.25 Å². The summed E-state index contributed by atoms with van der Waals surface area (Å²) in [5.41, 5.74) is 1.01. The predicted molar refractivity (Wildman–Crippen MR) is 118 cm³/mol. The normalized spacial score (nSPS) is 18.7. The maximum absolute atomic E-state index is 6.13. The molecule has 0 unspecified atom stereocenters. The van der Waals surface area contributed by atoms with Gasteiger partial charge in [-0.1, -0.05) is 17.7 Å². The van der Waals surface area contributed by atoms with Gasteiger partial charge in [0.15, 0.2) is 5.82 Å². The maximum atomic E-state index is 6.13. The smallest absolute Gasteiger partial charge is 0.213 e. The van der Waals surface area contributed by atoms with Crippen molar-refractivity contribution in [3.8, 4) is 11.6 Å². The third kappa shape index (κ3) is 4.46. The van der Waals surface area contributed by atoms with E-state index in [1.807, 2.05) is 59.4 Å². The van der Waals surface area contributed by atoms with Gasteiger partial charge in [-0.15, -0.1) is 10.2 Å². The first kappa shape index (κ1) is 19.8. The molecule has 0 N–H and O–H groups in total. The third-order valence-corrected chi connectivity index (χ3v) is 5.92. The van der Waals surface area contributed by atoms with Crippen molar-refractivity contribution in [2.24, 2.45) is 0 Å². The monoisotopic (exact) mass is 434 g/mol. The Morgan fingerprint density at radius 1 is 0.935 bits per heavy atom. The number of hydrogen-bond donors (Lipinski definition) is 0. The van der Waals surface area contributed by atoms with Gasteiger partial charge < -0.3 is 4.74 Å². The number of aromatic nitrogens is 6. The fourth-order valence-electron chi connectivity index (χ4n) is 4.13. The SMILES string of the molecule is Clc1ccc(-n2c(Cn3cccn3)nnc2C2CCC(Oc3ccccn3)CC2)cc1. The second-order valence-corrected chi connectivity index (χ2v) is 8.19. The molecule has 0 amide bonds. The van der Waals surface area contributed by atoms with Crippen molar-refractivity contribution < 1.29 is 4.74 Å². The van der Waals surface area contributed by atoms with E-state index in [9.17, 15) is 0 Å². The van der Waals surface area contributed by atoms with Crippen LogP contribution in [0.3, 0.4) is 0 Å². The standard InChI is InChI=1S/C23H23ClN6O/c24-18-7-9-19(10-8-18)30-21(16-29-15-3-14-26-29)27-28-23(30)17-5-11-20(12-6-17)31-22-4-1-2-13-25-22/h1-4,7-10,13-15,17,20H,5-6,11-12,16H2. The fraction of sp³-hybridized carbons (Fsp3) is 0.304. The summed E-state index contributed by atoms with van der Waals surface area (Å²) < 4.78 is 10.1. The maximum Gasteiger partial charge on any atom is 0.213 e. The van der Waals surface area contributed by atoms with Crippen molar-refractivity contribution in [3.05, 3.63) is 83.8 Å². The van der Waals surface area contributed by atoms with Gasteiger partial charge in [-0.25, -0.2) is 4.98 Å². The van der Waals surface area contributed by atoms with Gasteiger partial charge in [-0.05, 0) is 62.1 Å². The molecule has 0 bridgehead atoms. The first-order chi connectivity index (χ1) is 15.3. The molecule has 0 saturated heterocycles. The van der Waals surface area contributed by atoms with E-state index in [4.69, 9.17) is 16.3 Å². The summed E-state index contributed by atoms with van der Waals surface area (Å²) in [6, 6.07) is 15.5. The van der Waals surface area contributed by atoms with Gasteiger partial charge in [0.25, 0.3) is 0 Å².